The van der Waals surface area contributed by atoms with Crippen LogP contribution in [0.25, 0.3) is 0 Å². The van der Waals surface area contributed by atoms with E-state index in [4.69, 9.17) is 10.5 Å². The van der Waals surface area contributed by atoms with Crippen LogP contribution in [0.4, 0.5) is 4.39 Å². The standard InChI is InChI=1S/C26H33FN4O4/c1-16-6-9-23(35-2)18(14-16)7-8-19-20(4-3-5-21(19)27)25(34)31-26(28)30-22(15-24(32)33)17-10-12-29-13-11-17/h3-6,9,14,17,22,29H,7-8,10-13,15H2,1-2H3,(H,32,33)(H3,28,30,31,34). The summed E-state index contributed by atoms with van der Waals surface area (Å²) in [6, 6.07) is 9.56. The van der Waals surface area contributed by atoms with Crippen LogP contribution in [-0.2, 0) is 17.6 Å². The monoisotopic (exact) mass is 484 g/mol. The summed E-state index contributed by atoms with van der Waals surface area (Å²) in [6.45, 7) is 3.52. The Bertz CT molecular complexity index is 1080. The number of benzene rings is 2. The maximum Gasteiger partial charge on any atom is 0.305 e. The number of nitrogens with one attached hydrogen (secondary N) is 2. The number of carboxylic acid groups (broad SMARTS) is 1. The molecule has 1 amide bonds. The molecule has 35 heavy (non-hydrogen) atoms. The Balaban J connectivity index is 1.77. The number of guanidine groups is 1. The number of amides is 1. The molecular weight excluding hydrogens is 451 g/mol. The lowest BCUT2D eigenvalue weighted by molar-refractivity contribution is -0.137. The van der Waals surface area contributed by atoms with Gasteiger partial charge in [0.1, 0.15) is 11.6 Å². The van der Waals surface area contributed by atoms with Crippen LogP contribution in [0.15, 0.2) is 41.4 Å². The molecule has 1 aliphatic heterocycles. The normalized spacial score (nSPS) is 15.5. The Hall–Kier alpha value is -3.46. The maximum atomic E-state index is 14.8. The second-order valence-corrected chi connectivity index (χ2v) is 8.80. The highest BCUT2D eigenvalue weighted by atomic mass is 19.1. The minimum atomic E-state index is -0.976. The second-order valence-electron chi connectivity index (χ2n) is 8.80. The molecule has 5 N–H and O–H groups in total. The van der Waals surface area contributed by atoms with Gasteiger partial charge in [0, 0.05) is 11.1 Å². The molecule has 1 aliphatic rings. The van der Waals surface area contributed by atoms with Gasteiger partial charge in [0.15, 0.2) is 5.96 Å². The molecule has 1 saturated heterocycles. The van der Waals surface area contributed by atoms with Gasteiger partial charge in [-0.15, -0.1) is 0 Å². The number of piperidine rings is 1. The molecule has 2 aromatic rings. The van der Waals surface area contributed by atoms with Crippen LogP contribution in [0.2, 0.25) is 0 Å². The fraction of sp³-hybridized carbons (Fsp3) is 0.423. The van der Waals surface area contributed by atoms with Crippen LogP contribution >= 0.6 is 0 Å². The molecule has 3 rings (SSSR count). The quantitative estimate of drug-likeness (QED) is 0.320. The van der Waals surface area contributed by atoms with Crippen molar-refractivity contribution in [3.63, 3.8) is 0 Å². The first-order valence-corrected chi connectivity index (χ1v) is 11.8. The molecule has 1 atom stereocenters. The first kappa shape index (κ1) is 26.2. The van der Waals surface area contributed by atoms with Crippen molar-refractivity contribution in [3.05, 3.63) is 64.5 Å². The van der Waals surface area contributed by atoms with Crippen LogP contribution in [0.5, 0.6) is 5.75 Å². The van der Waals surface area contributed by atoms with Crippen molar-refractivity contribution in [2.45, 2.75) is 45.1 Å². The van der Waals surface area contributed by atoms with Crippen LogP contribution in [0.3, 0.4) is 0 Å². The highest BCUT2D eigenvalue weighted by Gasteiger charge is 2.26. The highest BCUT2D eigenvalue weighted by molar-refractivity contribution is 6.06. The lowest BCUT2D eigenvalue weighted by Crippen LogP contribution is -2.41. The Morgan fingerprint density at radius 2 is 2.00 bits per heavy atom. The molecule has 2 aromatic carbocycles. The SMILES string of the molecule is COc1ccc(C)cc1CCc1c(F)cccc1C(=O)NC(N)=NC(CC(=O)O)C1CCNCC1. The summed E-state index contributed by atoms with van der Waals surface area (Å²) < 4.78 is 20.2. The van der Waals surface area contributed by atoms with Gasteiger partial charge in [-0.05, 0) is 75.4 Å². The summed E-state index contributed by atoms with van der Waals surface area (Å²) in [5.74, 6) is -1.46. The summed E-state index contributed by atoms with van der Waals surface area (Å²) in [5, 5.41) is 15.1. The van der Waals surface area contributed by atoms with Gasteiger partial charge in [0.25, 0.3) is 5.91 Å². The van der Waals surface area contributed by atoms with Gasteiger partial charge in [0.2, 0.25) is 0 Å². The summed E-state index contributed by atoms with van der Waals surface area (Å²) in [4.78, 5) is 28.7. The van der Waals surface area contributed by atoms with Crippen molar-refractivity contribution in [2.24, 2.45) is 16.6 Å². The van der Waals surface area contributed by atoms with Gasteiger partial charge in [0.05, 0.1) is 19.6 Å². The molecule has 0 spiro atoms. The molecule has 0 aliphatic carbocycles. The Morgan fingerprint density at radius 1 is 1.26 bits per heavy atom. The van der Waals surface area contributed by atoms with Crippen molar-refractivity contribution >= 4 is 17.8 Å². The number of nitrogens with zero attached hydrogens (tertiary/aromatic N) is 1. The fourth-order valence-electron chi connectivity index (χ4n) is 4.51. The Labute approximate surface area is 204 Å². The number of aryl methyl sites for hydroxylation is 2. The minimum Gasteiger partial charge on any atom is -0.496 e. The van der Waals surface area contributed by atoms with Crippen LogP contribution < -0.4 is 21.1 Å². The van der Waals surface area contributed by atoms with Gasteiger partial charge in [-0.25, -0.2) is 9.38 Å². The summed E-state index contributed by atoms with van der Waals surface area (Å²) >= 11 is 0. The van der Waals surface area contributed by atoms with E-state index < -0.39 is 23.7 Å². The number of carboxylic acids is 1. The number of carbonyl (C=O) groups is 2. The van der Waals surface area contributed by atoms with Gasteiger partial charge in [-0.1, -0.05) is 23.8 Å². The smallest absolute Gasteiger partial charge is 0.305 e. The predicted octanol–water partition coefficient (Wildman–Crippen LogP) is 2.82. The van der Waals surface area contributed by atoms with E-state index in [0.29, 0.717) is 12.2 Å². The maximum absolute atomic E-state index is 14.8. The van der Waals surface area contributed by atoms with Crippen molar-refractivity contribution in [2.75, 3.05) is 20.2 Å². The van der Waals surface area contributed by atoms with E-state index in [-0.39, 0.29) is 35.8 Å². The lowest BCUT2D eigenvalue weighted by Gasteiger charge is -2.27. The molecule has 1 heterocycles. The molecule has 0 saturated carbocycles. The summed E-state index contributed by atoms with van der Waals surface area (Å²) in [6.07, 6.45) is 2.14. The van der Waals surface area contributed by atoms with E-state index in [9.17, 15) is 19.1 Å². The van der Waals surface area contributed by atoms with Crippen LogP contribution in [0.1, 0.15) is 46.3 Å². The number of hydrogen-bond acceptors (Lipinski definition) is 5. The van der Waals surface area contributed by atoms with E-state index in [2.05, 4.69) is 15.6 Å². The summed E-state index contributed by atoms with van der Waals surface area (Å²) in [7, 11) is 1.58. The molecule has 188 valence electrons. The van der Waals surface area contributed by atoms with E-state index in [1.807, 2.05) is 25.1 Å². The number of ether oxygens (including phenoxy) is 1. The highest BCUT2D eigenvalue weighted by Crippen LogP contribution is 2.24. The zero-order valence-electron chi connectivity index (χ0n) is 20.1. The predicted molar refractivity (Wildman–Crippen MR) is 132 cm³/mol. The van der Waals surface area contributed by atoms with Crippen LogP contribution in [-0.4, -0.2) is 49.2 Å². The van der Waals surface area contributed by atoms with Crippen LogP contribution in [0, 0.1) is 18.7 Å². The Kier molecular flexibility index (Phi) is 9.19. The Morgan fingerprint density at radius 3 is 2.69 bits per heavy atom. The average Bonchev–Trinajstić information content (AvgIpc) is 2.83. The fourth-order valence-corrected chi connectivity index (χ4v) is 4.51. The number of hydrogen-bond donors (Lipinski definition) is 4. The van der Waals surface area contributed by atoms with E-state index >= 15 is 0 Å². The zero-order valence-corrected chi connectivity index (χ0v) is 20.1. The zero-order chi connectivity index (χ0) is 25.4. The molecule has 0 aromatic heterocycles. The van der Waals surface area contributed by atoms with E-state index in [0.717, 1.165) is 37.1 Å². The van der Waals surface area contributed by atoms with Crippen molar-refractivity contribution < 1.29 is 23.8 Å². The third kappa shape index (κ3) is 7.26. The van der Waals surface area contributed by atoms with E-state index in [1.54, 1.807) is 7.11 Å². The number of halogens is 1. The average molecular weight is 485 g/mol. The van der Waals surface area contributed by atoms with Crippen molar-refractivity contribution in [1.82, 2.24) is 10.6 Å². The topological polar surface area (TPSA) is 126 Å². The number of methoxy groups -OCH3 is 1. The van der Waals surface area contributed by atoms with Crippen molar-refractivity contribution in [3.8, 4) is 5.75 Å². The van der Waals surface area contributed by atoms with Gasteiger partial charge in [-0.3, -0.25) is 14.9 Å². The van der Waals surface area contributed by atoms with Gasteiger partial charge < -0.3 is 20.9 Å². The van der Waals surface area contributed by atoms with Gasteiger partial charge >= 0.3 is 5.97 Å². The first-order chi connectivity index (χ1) is 16.8. The number of aliphatic carboxylic acids is 1. The molecule has 8 nitrogen and oxygen atoms in total. The molecule has 0 bridgehead atoms. The first-order valence-electron chi connectivity index (χ1n) is 11.8. The minimum absolute atomic E-state index is 0.0526. The number of nitrogens with two attached hydrogens (primary N) is 1. The van der Waals surface area contributed by atoms with E-state index in [1.165, 1.54) is 18.2 Å². The number of rotatable bonds is 9. The number of aliphatic imine (C=N–C) groups is 1. The van der Waals surface area contributed by atoms with Crippen molar-refractivity contribution in [1.29, 1.82) is 0 Å². The third-order valence-electron chi connectivity index (χ3n) is 6.30. The largest absolute Gasteiger partial charge is 0.496 e. The molecular formula is C26H33FN4O4. The molecule has 9 heteroatoms. The molecule has 1 unspecified atom stereocenters. The lowest BCUT2D eigenvalue weighted by atomic mass is 9.89. The molecule has 1 fully saturated rings. The summed E-state index contributed by atoms with van der Waals surface area (Å²) in [5.41, 5.74) is 8.40. The second kappa shape index (κ2) is 12.3. The van der Waals surface area contributed by atoms with Gasteiger partial charge in [-0.2, -0.15) is 0 Å². The number of carbonyl (C=O) groups excluding carboxylic acids is 1. The third-order valence-corrected chi connectivity index (χ3v) is 6.30. The molecule has 0 radical (unpaired) electrons.